The molecule has 2 aromatic rings. The van der Waals surface area contributed by atoms with Crippen molar-refractivity contribution < 1.29 is 14.4 Å². The zero-order valence-corrected chi connectivity index (χ0v) is 13.0. The minimum atomic E-state index is -0.651. The van der Waals surface area contributed by atoms with Gasteiger partial charge in [-0.2, -0.15) is 0 Å². The van der Waals surface area contributed by atoms with Crippen molar-refractivity contribution in [3.8, 4) is 11.3 Å². The van der Waals surface area contributed by atoms with Crippen LogP contribution in [0.3, 0.4) is 0 Å². The second-order valence-electron chi connectivity index (χ2n) is 4.62. The van der Waals surface area contributed by atoms with Gasteiger partial charge in [0.25, 0.3) is 5.91 Å². The van der Waals surface area contributed by atoms with E-state index in [1.54, 1.807) is 32.0 Å². The number of hydrogen-bond acceptors (Lipinski definition) is 4. The van der Waals surface area contributed by atoms with E-state index < -0.39 is 12.0 Å². The maximum Gasteiger partial charge on any atom is 0.257 e. The number of carbonyl (C=O) groups excluding carboxylic acids is 1. The van der Waals surface area contributed by atoms with Crippen molar-refractivity contribution in [3.05, 3.63) is 39.6 Å². The van der Waals surface area contributed by atoms with Gasteiger partial charge in [0, 0.05) is 12.1 Å². The standard InChI is InChI=1S/C14H14Cl2N2O3/c1-7(19)6-17-14(20)11-8(2)21-18-13(11)12-9(15)4-3-5-10(12)16/h3-5,7,19H,6H2,1-2H3,(H,17,20). The van der Waals surface area contributed by atoms with E-state index in [0.29, 0.717) is 21.4 Å². The molecule has 1 aromatic heterocycles. The first-order valence-electron chi connectivity index (χ1n) is 6.28. The van der Waals surface area contributed by atoms with Crippen molar-refractivity contribution in [1.82, 2.24) is 10.5 Å². The Morgan fingerprint density at radius 1 is 1.43 bits per heavy atom. The van der Waals surface area contributed by atoms with Gasteiger partial charge in [-0.05, 0) is 26.0 Å². The minimum absolute atomic E-state index is 0.124. The van der Waals surface area contributed by atoms with Crippen molar-refractivity contribution in [2.75, 3.05) is 6.54 Å². The molecule has 0 aliphatic heterocycles. The molecule has 1 amide bonds. The number of rotatable bonds is 4. The van der Waals surface area contributed by atoms with Crippen LogP contribution in [0.2, 0.25) is 10.0 Å². The lowest BCUT2D eigenvalue weighted by molar-refractivity contribution is 0.0923. The summed E-state index contributed by atoms with van der Waals surface area (Å²) in [7, 11) is 0. The first-order chi connectivity index (χ1) is 9.91. The summed E-state index contributed by atoms with van der Waals surface area (Å²) in [6.07, 6.45) is -0.651. The molecule has 2 rings (SSSR count). The highest BCUT2D eigenvalue weighted by molar-refractivity contribution is 6.39. The van der Waals surface area contributed by atoms with Crippen LogP contribution in [0.15, 0.2) is 22.7 Å². The number of halogens is 2. The van der Waals surface area contributed by atoms with Gasteiger partial charge in [0.05, 0.1) is 16.1 Å². The van der Waals surface area contributed by atoms with Gasteiger partial charge < -0.3 is 14.9 Å². The lowest BCUT2D eigenvalue weighted by Gasteiger charge is -2.09. The predicted octanol–water partition coefficient (Wildman–Crippen LogP) is 3.07. The third-order valence-electron chi connectivity index (χ3n) is 2.85. The van der Waals surface area contributed by atoms with E-state index in [9.17, 15) is 9.90 Å². The van der Waals surface area contributed by atoms with Crippen molar-refractivity contribution in [3.63, 3.8) is 0 Å². The van der Waals surface area contributed by atoms with Gasteiger partial charge in [-0.1, -0.05) is 34.4 Å². The van der Waals surface area contributed by atoms with E-state index in [2.05, 4.69) is 10.5 Å². The van der Waals surface area contributed by atoms with Crippen LogP contribution in [-0.2, 0) is 0 Å². The molecule has 0 aliphatic carbocycles. The maximum absolute atomic E-state index is 12.2. The Morgan fingerprint density at radius 3 is 2.62 bits per heavy atom. The number of nitrogens with zero attached hydrogens (tertiary/aromatic N) is 1. The van der Waals surface area contributed by atoms with Crippen molar-refractivity contribution in [2.45, 2.75) is 20.0 Å². The summed E-state index contributed by atoms with van der Waals surface area (Å²) in [6, 6.07) is 5.02. The second kappa shape index (κ2) is 6.47. The summed E-state index contributed by atoms with van der Waals surface area (Å²) >= 11 is 12.3. The SMILES string of the molecule is Cc1onc(-c2c(Cl)cccc2Cl)c1C(=O)NCC(C)O. The number of benzene rings is 1. The average molecular weight is 329 g/mol. The molecule has 21 heavy (non-hydrogen) atoms. The highest BCUT2D eigenvalue weighted by Gasteiger charge is 2.24. The lowest BCUT2D eigenvalue weighted by atomic mass is 10.1. The quantitative estimate of drug-likeness (QED) is 0.904. The van der Waals surface area contributed by atoms with Crippen LogP contribution in [0.4, 0.5) is 0 Å². The van der Waals surface area contributed by atoms with Gasteiger partial charge in [-0.15, -0.1) is 0 Å². The Bertz CT molecular complexity index is 648. The number of carbonyl (C=O) groups is 1. The topological polar surface area (TPSA) is 75.4 Å². The summed E-state index contributed by atoms with van der Waals surface area (Å²) < 4.78 is 5.10. The third-order valence-corrected chi connectivity index (χ3v) is 3.48. The zero-order chi connectivity index (χ0) is 15.6. The summed E-state index contributed by atoms with van der Waals surface area (Å²) in [5, 5.41) is 16.5. The Kier molecular flexibility index (Phi) is 4.88. The Balaban J connectivity index is 2.45. The molecule has 0 saturated carbocycles. The lowest BCUT2D eigenvalue weighted by Crippen LogP contribution is -2.31. The van der Waals surface area contributed by atoms with Crippen molar-refractivity contribution >= 4 is 29.1 Å². The average Bonchev–Trinajstić information content (AvgIpc) is 2.78. The molecule has 2 N–H and O–H groups in total. The van der Waals surface area contributed by atoms with Crippen molar-refractivity contribution in [2.24, 2.45) is 0 Å². The van der Waals surface area contributed by atoms with Crippen molar-refractivity contribution in [1.29, 1.82) is 0 Å². The van der Waals surface area contributed by atoms with Gasteiger partial charge >= 0.3 is 0 Å². The fourth-order valence-electron chi connectivity index (χ4n) is 1.86. The summed E-state index contributed by atoms with van der Waals surface area (Å²) in [4.78, 5) is 12.2. The summed E-state index contributed by atoms with van der Waals surface area (Å²) in [5.74, 6) is -0.0512. The molecule has 1 heterocycles. The van der Waals surface area contributed by atoms with Crippen LogP contribution < -0.4 is 5.32 Å². The Labute approximate surface area is 131 Å². The van der Waals surface area contributed by atoms with Crippen LogP contribution >= 0.6 is 23.2 Å². The fourth-order valence-corrected chi connectivity index (χ4v) is 2.44. The summed E-state index contributed by atoms with van der Waals surface area (Å²) in [6.45, 7) is 3.32. The third kappa shape index (κ3) is 3.37. The molecule has 1 aromatic carbocycles. The molecule has 0 spiro atoms. The van der Waals surface area contributed by atoms with E-state index in [4.69, 9.17) is 27.7 Å². The molecule has 1 unspecified atom stereocenters. The first kappa shape index (κ1) is 15.8. The van der Waals surface area contributed by atoms with Gasteiger partial charge in [-0.25, -0.2) is 0 Å². The van der Waals surface area contributed by atoms with Gasteiger partial charge in [0.2, 0.25) is 0 Å². The molecule has 5 nitrogen and oxygen atoms in total. The number of aliphatic hydroxyl groups excluding tert-OH is 1. The molecular weight excluding hydrogens is 315 g/mol. The monoisotopic (exact) mass is 328 g/mol. The molecule has 112 valence electrons. The smallest absolute Gasteiger partial charge is 0.257 e. The molecule has 0 radical (unpaired) electrons. The highest BCUT2D eigenvalue weighted by Crippen LogP contribution is 2.36. The van der Waals surface area contributed by atoms with Crippen LogP contribution in [0.25, 0.3) is 11.3 Å². The number of aliphatic hydroxyl groups is 1. The number of aryl methyl sites for hydroxylation is 1. The summed E-state index contributed by atoms with van der Waals surface area (Å²) in [5.41, 5.74) is 0.983. The molecule has 0 bridgehead atoms. The van der Waals surface area contributed by atoms with Gasteiger partial charge in [-0.3, -0.25) is 4.79 Å². The van der Waals surface area contributed by atoms with Crippen LogP contribution in [0.1, 0.15) is 23.0 Å². The maximum atomic E-state index is 12.2. The van der Waals surface area contributed by atoms with E-state index in [-0.39, 0.29) is 17.8 Å². The Morgan fingerprint density at radius 2 is 2.05 bits per heavy atom. The van der Waals surface area contributed by atoms with E-state index in [0.717, 1.165) is 0 Å². The fraction of sp³-hybridized carbons (Fsp3) is 0.286. The number of aromatic nitrogens is 1. The van der Waals surface area contributed by atoms with Gasteiger partial charge in [0.1, 0.15) is 17.0 Å². The highest BCUT2D eigenvalue weighted by atomic mass is 35.5. The van der Waals surface area contributed by atoms with Crippen LogP contribution in [-0.4, -0.2) is 28.8 Å². The van der Waals surface area contributed by atoms with E-state index >= 15 is 0 Å². The predicted molar refractivity (Wildman–Crippen MR) is 80.7 cm³/mol. The van der Waals surface area contributed by atoms with E-state index in [1.807, 2.05) is 0 Å². The zero-order valence-electron chi connectivity index (χ0n) is 11.5. The Hall–Kier alpha value is -1.56. The minimum Gasteiger partial charge on any atom is -0.392 e. The second-order valence-corrected chi connectivity index (χ2v) is 5.43. The van der Waals surface area contributed by atoms with E-state index in [1.165, 1.54) is 0 Å². The molecule has 0 fully saturated rings. The molecule has 7 heteroatoms. The van der Waals surface area contributed by atoms with Crippen LogP contribution in [0, 0.1) is 6.92 Å². The number of hydrogen-bond donors (Lipinski definition) is 2. The molecular formula is C14H14Cl2N2O3. The first-order valence-corrected chi connectivity index (χ1v) is 7.04. The molecule has 0 aliphatic rings. The van der Waals surface area contributed by atoms with Crippen LogP contribution in [0.5, 0.6) is 0 Å². The number of nitrogens with one attached hydrogen (secondary N) is 1. The number of amides is 1. The molecule has 0 saturated heterocycles. The largest absolute Gasteiger partial charge is 0.392 e. The molecule has 1 atom stereocenters. The van der Waals surface area contributed by atoms with Gasteiger partial charge in [0.15, 0.2) is 0 Å². The normalized spacial score (nSPS) is 12.2.